The Labute approximate surface area is 186 Å². The maximum Gasteiger partial charge on any atom is 0.124 e. The molecule has 162 valence electrons. The summed E-state index contributed by atoms with van der Waals surface area (Å²) in [6.45, 7) is 3.91. The van der Waals surface area contributed by atoms with Crippen molar-refractivity contribution in [2.24, 2.45) is 0 Å². The van der Waals surface area contributed by atoms with Crippen molar-refractivity contribution in [3.05, 3.63) is 71.7 Å². The van der Waals surface area contributed by atoms with E-state index in [1.54, 1.807) is 24.7 Å². The molecule has 0 amide bonds. The zero-order valence-corrected chi connectivity index (χ0v) is 18.2. The van der Waals surface area contributed by atoms with Crippen LogP contribution >= 0.6 is 0 Å². The summed E-state index contributed by atoms with van der Waals surface area (Å²) in [6.07, 6.45) is 8.37. The minimum atomic E-state index is -0.846. The van der Waals surface area contributed by atoms with E-state index >= 15 is 0 Å². The lowest BCUT2D eigenvalue weighted by atomic mass is 9.88. The molecule has 2 heterocycles. The molecule has 0 fully saturated rings. The summed E-state index contributed by atoms with van der Waals surface area (Å²) < 4.78 is 9.97. The maximum absolute atomic E-state index is 10.1. The number of aromatic nitrogens is 4. The van der Waals surface area contributed by atoms with Gasteiger partial charge in [-0.25, -0.2) is 4.68 Å². The van der Waals surface area contributed by atoms with Crippen molar-refractivity contribution >= 4 is 10.9 Å². The molecule has 1 aliphatic carbocycles. The predicted octanol–water partition coefficient (Wildman–Crippen LogP) is 4.32. The van der Waals surface area contributed by atoms with E-state index < -0.39 is 5.60 Å². The van der Waals surface area contributed by atoms with Crippen molar-refractivity contribution in [2.45, 2.75) is 51.4 Å². The molecule has 5 rings (SSSR count). The highest BCUT2D eigenvalue weighted by Gasteiger charge is 2.22. The van der Waals surface area contributed by atoms with Gasteiger partial charge in [-0.05, 0) is 68.5 Å². The number of aryl methyl sites for hydroxylation is 1. The van der Waals surface area contributed by atoms with E-state index in [2.05, 4.69) is 16.3 Å². The van der Waals surface area contributed by atoms with Gasteiger partial charge in [0.05, 0.1) is 47.9 Å². The molecule has 0 bridgehead atoms. The van der Waals surface area contributed by atoms with E-state index in [0.717, 1.165) is 47.2 Å². The van der Waals surface area contributed by atoms with Crippen LogP contribution in [0.5, 0.6) is 5.75 Å². The minimum Gasteiger partial charge on any atom is -0.486 e. The molecule has 0 saturated heterocycles. The van der Waals surface area contributed by atoms with Crippen LogP contribution in [0.15, 0.2) is 55.0 Å². The fourth-order valence-corrected chi connectivity index (χ4v) is 4.35. The van der Waals surface area contributed by atoms with Gasteiger partial charge in [0.25, 0.3) is 0 Å². The van der Waals surface area contributed by atoms with Crippen LogP contribution in [0.2, 0.25) is 0 Å². The molecule has 1 aliphatic rings. The first-order chi connectivity index (χ1) is 15.4. The Hall–Kier alpha value is -3.63. The summed E-state index contributed by atoms with van der Waals surface area (Å²) in [6, 6.07) is 14.1. The Balaban J connectivity index is 1.44. The van der Waals surface area contributed by atoms with Crippen LogP contribution in [-0.4, -0.2) is 30.3 Å². The summed E-state index contributed by atoms with van der Waals surface area (Å²) in [5.41, 5.74) is 3.97. The third-order valence-corrected chi connectivity index (χ3v) is 5.77. The molecular weight excluding hydrogens is 402 g/mol. The molecule has 32 heavy (non-hydrogen) atoms. The Morgan fingerprint density at radius 2 is 2.06 bits per heavy atom. The van der Waals surface area contributed by atoms with Gasteiger partial charge < -0.3 is 9.84 Å². The third-order valence-electron chi connectivity index (χ3n) is 5.77. The minimum absolute atomic E-state index is 0.0325. The number of hydrogen-bond donors (Lipinski definition) is 1. The number of benzene rings is 2. The fourth-order valence-electron chi connectivity index (χ4n) is 4.35. The summed E-state index contributed by atoms with van der Waals surface area (Å²) in [5.74, 6) is 0.783. The molecule has 0 spiro atoms. The first kappa shape index (κ1) is 20.3. The summed E-state index contributed by atoms with van der Waals surface area (Å²) >= 11 is 0. The molecule has 0 aliphatic heterocycles. The van der Waals surface area contributed by atoms with Crippen LogP contribution in [0.4, 0.5) is 0 Å². The molecule has 1 N–H and O–H groups in total. The molecule has 1 atom stereocenters. The van der Waals surface area contributed by atoms with Gasteiger partial charge >= 0.3 is 0 Å². The Bertz CT molecular complexity index is 1320. The van der Waals surface area contributed by atoms with Crippen LogP contribution in [0.1, 0.15) is 49.5 Å². The van der Waals surface area contributed by atoms with E-state index in [0.29, 0.717) is 12.1 Å². The van der Waals surface area contributed by atoms with E-state index in [1.807, 2.05) is 53.5 Å². The first-order valence-corrected chi connectivity index (χ1v) is 10.8. The number of nitriles is 1. The molecule has 4 aromatic rings. The van der Waals surface area contributed by atoms with Gasteiger partial charge in [-0.15, -0.1) is 0 Å². The van der Waals surface area contributed by atoms with Gasteiger partial charge in [0.2, 0.25) is 0 Å². The van der Waals surface area contributed by atoms with Gasteiger partial charge in [-0.3, -0.25) is 4.68 Å². The van der Waals surface area contributed by atoms with Gasteiger partial charge in [0.15, 0.2) is 0 Å². The van der Waals surface area contributed by atoms with Crippen molar-refractivity contribution in [1.82, 2.24) is 19.6 Å². The van der Waals surface area contributed by atoms with Crippen LogP contribution in [0, 0.1) is 11.3 Å². The second-order valence-electron chi connectivity index (χ2n) is 9.01. The molecule has 2 aromatic heterocycles. The number of hydrogen-bond acceptors (Lipinski definition) is 5. The smallest absolute Gasteiger partial charge is 0.124 e. The maximum atomic E-state index is 10.1. The zero-order chi connectivity index (χ0) is 22.3. The van der Waals surface area contributed by atoms with Crippen molar-refractivity contribution in [3.63, 3.8) is 0 Å². The van der Waals surface area contributed by atoms with Crippen molar-refractivity contribution in [2.75, 3.05) is 0 Å². The molecule has 0 saturated carbocycles. The average Bonchev–Trinajstić information content (AvgIpc) is 3.38. The normalized spacial score (nSPS) is 16.0. The van der Waals surface area contributed by atoms with E-state index in [1.165, 1.54) is 5.56 Å². The largest absolute Gasteiger partial charge is 0.486 e. The predicted molar refractivity (Wildman–Crippen MR) is 121 cm³/mol. The zero-order valence-electron chi connectivity index (χ0n) is 18.2. The topological polar surface area (TPSA) is 88.9 Å². The highest BCUT2D eigenvalue weighted by atomic mass is 16.5. The number of nitrogens with zero attached hydrogens (tertiary/aromatic N) is 5. The molecule has 7 heteroatoms. The van der Waals surface area contributed by atoms with Gasteiger partial charge in [0.1, 0.15) is 17.5 Å². The molecule has 0 radical (unpaired) electrons. The highest BCUT2D eigenvalue weighted by molar-refractivity contribution is 5.81. The molecular formula is C25H25N5O2. The SMILES string of the molecule is CC(C)(O)Cn1cc(-n2ncc3ccc(O[C@@H]4CCCc5cc(C#N)ccc54)cc32)cn1. The summed E-state index contributed by atoms with van der Waals surface area (Å²) in [5, 5.41) is 29.2. The number of aliphatic hydroxyl groups is 1. The van der Waals surface area contributed by atoms with E-state index in [9.17, 15) is 10.4 Å². The third kappa shape index (κ3) is 3.97. The van der Waals surface area contributed by atoms with Crippen LogP contribution in [-0.2, 0) is 13.0 Å². The molecule has 0 unspecified atom stereocenters. The monoisotopic (exact) mass is 427 g/mol. The number of fused-ring (bicyclic) bond motifs is 2. The standard InChI is InChI=1S/C25H25N5O2/c1-25(2,31)16-29-15-20(14-27-29)30-23-11-21(8-7-19(23)13-28-30)32-24-5-3-4-18-10-17(12-26)6-9-22(18)24/h6-11,13-15,24,31H,3-5,16H2,1-2H3/t24-/m1/s1. The van der Waals surface area contributed by atoms with Crippen LogP contribution in [0.25, 0.3) is 16.6 Å². The van der Waals surface area contributed by atoms with Gasteiger partial charge in [-0.1, -0.05) is 6.07 Å². The van der Waals surface area contributed by atoms with Gasteiger partial charge in [-0.2, -0.15) is 15.5 Å². The lowest BCUT2D eigenvalue weighted by Crippen LogP contribution is -2.26. The summed E-state index contributed by atoms with van der Waals surface area (Å²) in [4.78, 5) is 0. The van der Waals surface area contributed by atoms with E-state index in [-0.39, 0.29) is 6.10 Å². The van der Waals surface area contributed by atoms with Crippen molar-refractivity contribution < 1.29 is 9.84 Å². The number of rotatable bonds is 5. The van der Waals surface area contributed by atoms with E-state index in [4.69, 9.17) is 4.74 Å². The second-order valence-corrected chi connectivity index (χ2v) is 9.01. The average molecular weight is 428 g/mol. The first-order valence-electron chi connectivity index (χ1n) is 10.8. The highest BCUT2D eigenvalue weighted by Crippen LogP contribution is 2.35. The van der Waals surface area contributed by atoms with Gasteiger partial charge in [0, 0.05) is 11.5 Å². The van der Waals surface area contributed by atoms with Crippen LogP contribution in [0.3, 0.4) is 0 Å². The second kappa shape index (κ2) is 7.81. The van der Waals surface area contributed by atoms with Crippen LogP contribution < -0.4 is 4.74 Å². The molecule has 7 nitrogen and oxygen atoms in total. The number of ether oxygens (including phenoxy) is 1. The van der Waals surface area contributed by atoms with Crippen molar-refractivity contribution in [1.29, 1.82) is 5.26 Å². The van der Waals surface area contributed by atoms with Crippen molar-refractivity contribution in [3.8, 4) is 17.5 Å². The Morgan fingerprint density at radius 1 is 1.19 bits per heavy atom. The fraction of sp³-hybridized carbons (Fsp3) is 0.320. The summed E-state index contributed by atoms with van der Waals surface area (Å²) in [7, 11) is 0. The molecule has 2 aromatic carbocycles. The quantitative estimate of drug-likeness (QED) is 0.512. The Kier molecular flexibility index (Phi) is 4.95. The Morgan fingerprint density at radius 3 is 2.88 bits per heavy atom. The lowest BCUT2D eigenvalue weighted by Gasteiger charge is -2.26. The lowest BCUT2D eigenvalue weighted by molar-refractivity contribution is 0.0577.